The van der Waals surface area contributed by atoms with Gasteiger partial charge in [-0.2, -0.15) is 0 Å². The summed E-state index contributed by atoms with van der Waals surface area (Å²) in [5.74, 6) is 0. The lowest BCUT2D eigenvalue weighted by atomic mass is 10.3. The predicted molar refractivity (Wildman–Crippen MR) is 90.3 cm³/mol. The summed E-state index contributed by atoms with van der Waals surface area (Å²) in [6.45, 7) is 3.88. The second-order valence-corrected chi connectivity index (χ2v) is 7.80. The average molecular weight is 368 g/mol. The Kier molecular flexibility index (Phi) is 6.77. The quantitative estimate of drug-likeness (QED) is 0.810. The van der Waals surface area contributed by atoms with Crippen LogP contribution in [0.5, 0.6) is 0 Å². The summed E-state index contributed by atoms with van der Waals surface area (Å²) in [4.78, 5) is 11.5. The van der Waals surface area contributed by atoms with Crippen LogP contribution in [0.3, 0.4) is 0 Å². The number of anilines is 1. The minimum Gasteiger partial charge on any atom is -0.336 e. The topological polar surface area (TPSA) is 78.5 Å². The maximum absolute atomic E-state index is 11.9. The largest absolute Gasteiger partial charge is 0.336 e. The molecule has 0 bridgehead atoms. The van der Waals surface area contributed by atoms with E-state index in [2.05, 4.69) is 10.6 Å². The number of sulfonamides is 1. The van der Waals surface area contributed by atoms with Crippen LogP contribution in [0.1, 0.15) is 13.8 Å². The number of halogens is 2. The highest BCUT2D eigenvalue weighted by Crippen LogP contribution is 2.26. The first-order valence-electron chi connectivity index (χ1n) is 6.58. The summed E-state index contributed by atoms with van der Waals surface area (Å²) >= 11 is 11.8. The number of rotatable bonds is 6. The summed E-state index contributed by atoms with van der Waals surface area (Å²) in [6, 6.07) is 4.16. The zero-order valence-corrected chi connectivity index (χ0v) is 14.9. The monoisotopic (exact) mass is 367 g/mol. The zero-order valence-electron chi connectivity index (χ0n) is 12.6. The van der Waals surface area contributed by atoms with E-state index in [0.29, 0.717) is 15.7 Å². The van der Waals surface area contributed by atoms with E-state index in [1.807, 2.05) is 13.8 Å². The molecule has 22 heavy (non-hydrogen) atoms. The first-order valence-corrected chi connectivity index (χ1v) is 9.18. The van der Waals surface area contributed by atoms with Crippen LogP contribution < -0.4 is 14.9 Å². The van der Waals surface area contributed by atoms with Gasteiger partial charge in [0.2, 0.25) is 10.0 Å². The third-order valence-corrected chi connectivity index (χ3v) is 4.19. The fourth-order valence-electron chi connectivity index (χ4n) is 1.75. The molecule has 1 aromatic rings. The van der Waals surface area contributed by atoms with Gasteiger partial charge in [0.25, 0.3) is 0 Å². The Hall–Kier alpha value is -1.18. The molecule has 0 saturated heterocycles. The van der Waals surface area contributed by atoms with Gasteiger partial charge in [0, 0.05) is 22.6 Å². The summed E-state index contributed by atoms with van der Waals surface area (Å²) < 4.78 is 25.0. The van der Waals surface area contributed by atoms with Gasteiger partial charge in [-0.25, -0.2) is 13.2 Å². The summed E-state index contributed by atoms with van der Waals surface area (Å²) in [5.41, 5.74) is 0.353. The van der Waals surface area contributed by atoms with Crippen molar-refractivity contribution < 1.29 is 13.2 Å². The van der Waals surface area contributed by atoms with Crippen LogP contribution in [0.15, 0.2) is 18.2 Å². The molecule has 0 heterocycles. The molecule has 0 aliphatic rings. The molecule has 0 unspecified atom stereocenters. The van der Waals surface area contributed by atoms with Crippen LogP contribution in [0.2, 0.25) is 10.0 Å². The predicted octanol–water partition coefficient (Wildman–Crippen LogP) is 2.47. The summed E-state index contributed by atoms with van der Waals surface area (Å²) in [6.07, 6.45) is 1.08. The molecule has 9 heteroatoms. The normalized spacial score (nSPS) is 11.4. The van der Waals surface area contributed by atoms with E-state index in [1.165, 1.54) is 18.2 Å². The number of carbonyl (C=O) groups excluding carboxylic acids is 1. The van der Waals surface area contributed by atoms with Crippen LogP contribution in [-0.2, 0) is 10.0 Å². The highest BCUT2D eigenvalue weighted by Gasteiger charge is 2.18. The van der Waals surface area contributed by atoms with Crippen molar-refractivity contribution in [1.29, 1.82) is 0 Å². The molecule has 0 radical (unpaired) electrons. The van der Waals surface area contributed by atoms with E-state index >= 15 is 0 Å². The van der Waals surface area contributed by atoms with E-state index in [1.54, 1.807) is 0 Å². The number of urea groups is 1. The third kappa shape index (κ3) is 6.29. The Labute approximate surface area is 140 Å². The first kappa shape index (κ1) is 18.9. The van der Waals surface area contributed by atoms with Crippen molar-refractivity contribution in [3.63, 3.8) is 0 Å². The maximum Gasteiger partial charge on any atom is 0.315 e. The van der Waals surface area contributed by atoms with E-state index in [9.17, 15) is 13.2 Å². The van der Waals surface area contributed by atoms with Crippen LogP contribution in [-0.4, -0.2) is 39.8 Å². The van der Waals surface area contributed by atoms with Gasteiger partial charge in [0.05, 0.1) is 18.5 Å². The van der Waals surface area contributed by atoms with Crippen molar-refractivity contribution in [2.45, 2.75) is 19.9 Å². The number of hydrogen-bond donors (Lipinski definition) is 2. The molecule has 2 amide bonds. The molecular weight excluding hydrogens is 349 g/mol. The van der Waals surface area contributed by atoms with Gasteiger partial charge in [-0.1, -0.05) is 23.2 Å². The maximum atomic E-state index is 11.9. The van der Waals surface area contributed by atoms with Crippen LogP contribution in [0.4, 0.5) is 10.5 Å². The molecule has 0 aliphatic heterocycles. The van der Waals surface area contributed by atoms with Crippen molar-refractivity contribution in [3.05, 3.63) is 28.2 Å². The fraction of sp³-hybridized carbons (Fsp3) is 0.462. The molecule has 0 aromatic heterocycles. The molecular formula is C13H19Cl2N3O3S. The molecule has 2 N–H and O–H groups in total. The Bertz CT molecular complexity index is 615. The van der Waals surface area contributed by atoms with Crippen molar-refractivity contribution >= 4 is 44.9 Å². The number of hydrogen-bond acceptors (Lipinski definition) is 3. The SMILES string of the molecule is CC(C)NC(=O)NCCN(c1cc(Cl)cc(Cl)c1)S(C)(=O)=O. The number of benzene rings is 1. The van der Waals surface area contributed by atoms with Gasteiger partial charge in [0.1, 0.15) is 0 Å². The number of nitrogens with one attached hydrogen (secondary N) is 2. The Morgan fingerprint density at radius 1 is 1.23 bits per heavy atom. The number of carbonyl (C=O) groups is 1. The zero-order chi connectivity index (χ0) is 16.9. The minimum atomic E-state index is -3.53. The summed E-state index contributed by atoms with van der Waals surface area (Å²) in [7, 11) is -3.53. The van der Waals surface area contributed by atoms with Crippen molar-refractivity contribution in [3.8, 4) is 0 Å². The van der Waals surface area contributed by atoms with Gasteiger partial charge >= 0.3 is 6.03 Å². The molecule has 0 spiro atoms. The molecule has 0 aliphatic carbocycles. The van der Waals surface area contributed by atoms with E-state index in [0.717, 1.165) is 10.6 Å². The molecule has 0 atom stereocenters. The molecule has 1 aromatic carbocycles. The lowest BCUT2D eigenvalue weighted by Crippen LogP contribution is -2.43. The smallest absolute Gasteiger partial charge is 0.315 e. The number of amides is 2. The van der Waals surface area contributed by atoms with Crippen LogP contribution in [0, 0.1) is 0 Å². The highest BCUT2D eigenvalue weighted by molar-refractivity contribution is 7.92. The van der Waals surface area contributed by atoms with E-state index in [-0.39, 0.29) is 25.2 Å². The molecule has 0 fully saturated rings. The van der Waals surface area contributed by atoms with Crippen molar-refractivity contribution in [2.75, 3.05) is 23.7 Å². The van der Waals surface area contributed by atoms with E-state index in [4.69, 9.17) is 23.2 Å². The standard InChI is InChI=1S/C13H19Cl2N3O3S/c1-9(2)17-13(19)16-4-5-18(22(3,20)21)12-7-10(14)6-11(15)8-12/h6-9H,4-5H2,1-3H3,(H2,16,17,19). The van der Waals surface area contributed by atoms with E-state index < -0.39 is 10.0 Å². The lowest BCUT2D eigenvalue weighted by molar-refractivity contribution is 0.239. The van der Waals surface area contributed by atoms with Gasteiger partial charge in [-0.05, 0) is 32.0 Å². The van der Waals surface area contributed by atoms with Gasteiger partial charge < -0.3 is 10.6 Å². The van der Waals surface area contributed by atoms with Crippen LogP contribution >= 0.6 is 23.2 Å². The Morgan fingerprint density at radius 2 is 1.77 bits per heavy atom. The van der Waals surface area contributed by atoms with Gasteiger partial charge in [-0.3, -0.25) is 4.31 Å². The van der Waals surface area contributed by atoms with Crippen LogP contribution in [0.25, 0.3) is 0 Å². The first-order chi connectivity index (χ1) is 10.1. The minimum absolute atomic E-state index is 0.00209. The second kappa shape index (κ2) is 7.89. The Balaban J connectivity index is 2.81. The van der Waals surface area contributed by atoms with Gasteiger partial charge in [0.15, 0.2) is 0 Å². The average Bonchev–Trinajstić information content (AvgIpc) is 2.30. The molecule has 124 valence electrons. The fourth-order valence-corrected chi connectivity index (χ4v) is 3.18. The van der Waals surface area contributed by atoms with Crippen molar-refractivity contribution in [2.24, 2.45) is 0 Å². The molecule has 6 nitrogen and oxygen atoms in total. The summed E-state index contributed by atoms with van der Waals surface area (Å²) in [5, 5.41) is 5.92. The Morgan fingerprint density at radius 3 is 2.23 bits per heavy atom. The van der Waals surface area contributed by atoms with Crippen molar-refractivity contribution in [1.82, 2.24) is 10.6 Å². The molecule has 0 saturated carbocycles. The number of nitrogens with zero attached hydrogens (tertiary/aromatic N) is 1. The highest BCUT2D eigenvalue weighted by atomic mass is 35.5. The second-order valence-electron chi connectivity index (χ2n) is 5.02. The van der Waals surface area contributed by atoms with Gasteiger partial charge in [-0.15, -0.1) is 0 Å². The lowest BCUT2D eigenvalue weighted by Gasteiger charge is -2.23. The third-order valence-electron chi connectivity index (χ3n) is 2.56. The molecule has 1 rings (SSSR count).